The lowest BCUT2D eigenvalue weighted by Crippen LogP contribution is -2.40. The van der Waals surface area contributed by atoms with Crippen molar-refractivity contribution in [3.8, 4) is 5.75 Å². The summed E-state index contributed by atoms with van der Waals surface area (Å²) in [5, 5.41) is 10.9. The summed E-state index contributed by atoms with van der Waals surface area (Å²) in [5.41, 5.74) is -0.527. The van der Waals surface area contributed by atoms with Gasteiger partial charge in [-0.25, -0.2) is 9.18 Å². The predicted octanol–water partition coefficient (Wildman–Crippen LogP) is 0.754. The SMILES string of the molecule is CN(C)CCN(C)c1c(F)cc2c(=O)c(C(=O)O)cn3c2c1OCN3C. The smallest absolute Gasteiger partial charge is 0.341 e. The van der Waals surface area contributed by atoms with E-state index in [0.717, 1.165) is 6.07 Å². The molecule has 0 amide bonds. The van der Waals surface area contributed by atoms with Gasteiger partial charge in [0, 0.05) is 33.4 Å². The average Bonchev–Trinajstić information content (AvgIpc) is 2.57. The number of likely N-dealkylation sites (N-methyl/N-ethyl adjacent to an activating group) is 2. The van der Waals surface area contributed by atoms with Crippen molar-refractivity contribution in [1.29, 1.82) is 0 Å². The number of anilines is 1. The van der Waals surface area contributed by atoms with Gasteiger partial charge in [0.1, 0.15) is 16.8 Å². The van der Waals surface area contributed by atoms with Crippen molar-refractivity contribution in [1.82, 2.24) is 9.58 Å². The van der Waals surface area contributed by atoms with Gasteiger partial charge in [0.25, 0.3) is 0 Å². The molecule has 2 aromatic rings. The maximum atomic E-state index is 14.9. The number of aromatic nitrogens is 1. The van der Waals surface area contributed by atoms with Gasteiger partial charge in [-0.15, -0.1) is 0 Å². The van der Waals surface area contributed by atoms with Crippen molar-refractivity contribution in [2.75, 3.05) is 57.9 Å². The highest BCUT2D eigenvalue weighted by molar-refractivity contribution is 5.97. The highest BCUT2D eigenvalue weighted by Crippen LogP contribution is 2.39. The fourth-order valence-electron chi connectivity index (χ4n) is 2.99. The first-order valence-corrected chi connectivity index (χ1v) is 8.07. The number of nitrogens with zero attached hydrogens (tertiary/aromatic N) is 4. The molecule has 1 aromatic heterocycles. The number of hydrogen-bond donors (Lipinski definition) is 1. The second-order valence-electron chi connectivity index (χ2n) is 6.61. The standard InChI is InChI=1S/C17H21FN4O4/c1-19(2)5-6-20(3)14-12(18)7-10-13-16(14)26-9-21(4)22(13)8-11(15(10)23)17(24)25/h7-8H,5-6,9H2,1-4H3,(H,24,25). The normalized spacial score (nSPS) is 13.2. The van der Waals surface area contributed by atoms with Gasteiger partial charge in [-0.2, -0.15) is 0 Å². The summed E-state index contributed by atoms with van der Waals surface area (Å²) >= 11 is 0. The lowest BCUT2D eigenvalue weighted by Gasteiger charge is -2.33. The monoisotopic (exact) mass is 364 g/mol. The molecule has 0 radical (unpaired) electrons. The fourth-order valence-corrected chi connectivity index (χ4v) is 2.99. The second kappa shape index (κ2) is 6.49. The molecule has 2 heterocycles. The van der Waals surface area contributed by atoms with Crippen LogP contribution < -0.4 is 20.1 Å². The Kier molecular flexibility index (Phi) is 4.49. The molecule has 0 saturated carbocycles. The highest BCUT2D eigenvalue weighted by Gasteiger charge is 2.28. The zero-order chi connectivity index (χ0) is 19.2. The van der Waals surface area contributed by atoms with Crippen molar-refractivity contribution < 1.29 is 19.0 Å². The number of ether oxygens (including phenoxy) is 1. The molecule has 8 nitrogen and oxygen atoms in total. The minimum Gasteiger partial charge on any atom is -0.477 e. The Hall–Kier alpha value is -2.81. The molecule has 140 valence electrons. The number of rotatable bonds is 5. The van der Waals surface area contributed by atoms with Crippen LogP contribution in [0.25, 0.3) is 10.9 Å². The van der Waals surface area contributed by atoms with Gasteiger partial charge in [-0.1, -0.05) is 0 Å². The van der Waals surface area contributed by atoms with Crippen LogP contribution in [0.15, 0.2) is 17.1 Å². The first-order valence-electron chi connectivity index (χ1n) is 8.07. The number of benzene rings is 1. The van der Waals surface area contributed by atoms with Crippen LogP contribution in [-0.4, -0.2) is 68.7 Å². The summed E-state index contributed by atoms with van der Waals surface area (Å²) in [5.74, 6) is -1.73. The minimum absolute atomic E-state index is 0.0197. The van der Waals surface area contributed by atoms with E-state index in [-0.39, 0.29) is 23.6 Å². The molecular formula is C17H21FN4O4. The van der Waals surface area contributed by atoms with Gasteiger partial charge >= 0.3 is 5.97 Å². The van der Waals surface area contributed by atoms with E-state index in [9.17, 15) is 19.1 Å². The van der Waals surface area contributed by atoms with Crippen LogP contribution in [0.2, 0.25) is 0 Å². The Morgan fingerprint density at radius 3 is 2.65 bits per heavy atom. The highest BCUT2D eigenvalue weighted by atomic mass is 19.1. The maximum absolute atomic E-state index is 14.9. The maximum Gasteiger partial charge on any atom is 0.341 e. The molecule has 0 fully saturated rings. The van der Waals surface area contributed by atoms with Gasteiger partial charge in [0.05, 0.1) is 5.39 Å². The fraction of sp³-hybridized carbons (Fsp3) is 0.412. The number of carboxylic acid groups (broad SMARTS) is 1. The summed E-state index contributed by atoms with van der Waals surface area (Å²) in [4.78, 5) is 27.6. The van der Waals surface area contributed by atoms with Crippen molar-refractivity contribution in [2.45, 2.75) is 0 Å². The van der Waals surface area contributed by atoms with Gasteiger partial charge in [-0.3, -0.25) is 14.5 Å². The quantitative estimate of drug-likeness (QED) is 0.839. The lowest BCUT2D eigenvalue weighted by molar-refractivity contribution is 0.0694. The van der Waals surface area contributed by atoms with E-state index in [1.807, 2.05) is 19.0 Å². The third-order valence-corrected chi connectivity index (χ3v) is 4.41. The number of pyridine rings is 1. The zero-order valence-corrected chi connectivity index (χ0v) is 15.1. The van der Waals surface area contributed by atoms with Crippen LogP contribution in [0.1, 0.15) is 10.4 Å². The van der Waals surface area contributed by atoms with E-state index in [0.29, 0.717) is 18.6 Å². The molecule has 0 unspecified atom stereocenters. The minimum atomic E-state index is -1.35. The number of hydrogen-bond acceptors (Lipinski definition) is 6. The van der Waals surface area contributed by atoms with Crippen LogP contribution in [-0.2, 0) is 0 Å². The zero-order valence-electron chi connectivity index (χ0n) is 15.1. The molecule has 26 heavy (non-hydrogen) atoms. The summed E-state index contributed by atoms with van der Waals surface area (Å²) in [6.45, 7) is 1.36. The van der Waals surface area contributed by atoms with Crippen LogP contribution in [0.5, 0.6) is 5.75 Å². The summed E-state index contributed by atoms with van der Waals surface area (Å²) in [6.07, 6.45) is 1.25. The molecule has 3 rings (SSSR count). The molecule has 1 N–H and O–H groups in total. The Morgan fingerprint density at radius 1 is 1.35 bits per heavy atom. The van der Waals surface area contributed by atoms with E-state index in [1.165, 1.54) is 10.9 Å². The van der Waals surface area contributed by atoms with Crippen molar-refractivity contribution in [3.63, 3.8) is 0 Å². The Morgan fingerprint density at radius 2 is 2.04 bits per heavy atom. The van der Waals surface area contributed by atoms with Crippen molar-refractivity contribution in [3.05, 3.63) is 33.9 Å². The molecule has 1 aliphatic heterocycles. The van der Waals surface area contributed by atoms with E-state index in [4.69, 9.17) is 4.74 Å². The van der Waals surface area contributed by atoms with E-state index < -0.39 is 22.8 Å². The number of carbonyl (C=O) groups is 1. The van der Waals surface area contributed by atoms with Crippen LogP contribution in [0, 0.1) is 5.82 Å². The topological polar surface area (TPSA) is 78.2 Å². The van der Waals surface area contributed by atoms with Crippen LogP contribution in [0.4, 0.5) is 10.1 Å². The van der Waals surface area contributed by atoms with E-state index in [1.54, 1.807) is 24.0 Å². The van der Waals surface area contributed by atoms with Gasteiger partial charge in [-0.05, 0) is 20.2 Å². The Balaban J connectivity index is 2.29. The molecule has 1 aromatic carbocycles. The van der Waals surface area contributed by atoms with Gasteiger partial charge in [0.2, 0.25) is 5.43 Å². The first-order chi connectivity index (χ1) is 12.2. The molecule has 0 spiro atoms. The third-order valence-electron chi connectivity index (χ3n) is 4.41. The average molecular weight is 364 g/mol. The molecule has 0 bridgehead atoms. The molecule has 0 atom stereocenters. The molecule has 0 saturated heterocycles. The Labute approximate surface area is 149 Å². The van der Waals surface area contributed by atoms with Crippen molar-refractivity contribution >= 4 is 22.6 Å². The second-order valence-corrected chi connectivity index (χ2v) is 6.61. The van der Waals surface area contributed by atoms with Crippen LogP contribution in [0.3, 0.4) is 0 Å². The van der Waals surface area contributed by atoms with Crippen molar-refractivity contribution in [2.24, 2.45) is 0 Å². The predicted molar refractivity (Wildman–Crippen MR) is 96.6 cm³/mol. The number of halogens is 1. The number of aromatic carboxylic acids is 1. The summed E-state index contributed by atoms with van der Waals surface area (Å²) in [6, 6.07) is 1.09. The lowest BCUT2D eigenvalue weighted by atomic mass is 10.1. The van der Waals surface area contributed by atoms with Gasteiger partial charge < -0.3 is 19.6 Å². The third kappa shape index (κ3) is 2.84. The first kappa shape index (κ1) is 18.0. The molecule has 9 heteroatoms. The van der Waals surface area contributed by atoms with E-state index in [2.05, 4.69) is 0 Å². The largest absolute Gasteiger partial charge is 0.477 e. The Bertz CT molecular complexity index is 941. The molecule has 1 aliphatic rings. The van der Waals surface area contributed by atoms with Gasteiger partial charge in [0.15, 0.2) is 18.3 Å². The van der Waals surface area contributed by atoms with E-state index >= 15 is 0 Å². The van der Waals surface area contributed by atoms with Crippen LogP contribution >= 0.6 is 0 Å². The molecular weight excluding hydrogens is 343 g/mol. The summed E-state index contributed by atoms with van der Waals surface area (Å²) in [7, 11) is 7.29. The summed E-state index contributed by atoms with van der Waals surface area (Å²) < 4.78 is 22.1. The molecule has 0 aliphatic carbocycles. The number of carboxylic acids is 1.